The lowest BCUT2D eigenvalue weighted by Gasteiger charge is -2.06. The highest BCUT2D eigenvalue weighted by molar-refractivity contribution is 5.63. The summed E-state index contributed by atoms with van der Waals surface area (Å²) >= 11 is 0. The minimum Gasteiger partial charge on any atom is -0.399 e. The fraction of sp³-hybridized carbons (Fsp3) is 0.0476. The summed E-state index contributed by atoms with van der Waals surface area (Å²) in [6.07, 6.45) is 0. The van der Waals surface area contributed by atoms with E-state index in [0.29, 0.717) is 18.1 Å². The molecule has 4 aromatic rings. The van der Waals surface area contributed by atoms with E-state index in [4.69, 9.17) is 10.7 Å². The molecule has 5 heteroatoms. The number of rotatable bonds is 4. The third kappa shape index (κ3) is 3.32. The van der Waals surface area contributed by atoms with Gasteiger partial charge < -0.3 is 5.73 Å². The van der Waals surface area contributed by atoms with Gasteiger partial charge in [0, 0.05) is 16.8 Å². The molecule has 1 heterocycles. The molecule has 3 aromatic carbocycles. The van der Waals surface area contributed by atoms with Crippen molar-refractivity contribution >= 4 is 5.69 Å². The van der Waals surface area contributed by atoms with Crippen LogP contribution in [-0.4, -0.2) is 14.8 Å². The molecule has 0 amide bonds. The Morgan fingerprint density at radius 1 is 0.808 bits per heavy atom. The number of anilines is 1. The van der Waals surface area contributed by atoms with Crippen molar-refractivity contribution < 1.29 is 4.39 Å². The highest BCUT2D eigenvalue weighted by atomic mass is 19.1. The van der Waals surface area contributed by atoms with Crippen LogP contribution >= 0.6 is 0 Å². The van der Waals surface area contributed by atoms with Crippen molar-refractivity contribution in [3.05, 3.63) is 90.2 Å². The normalized spacial score (nSPS) is 10.8. The molecule has 0 atom stereocenters. The summed E-state index contributed by atoms with van der Waals surface area (Å²) in [6, 6.07) is 23.8. The lowest BCUT2D eigenvalue weighted by atomic mass is 10.2. The molecule has 1 aromatic heterocycles. The van der Waals surface area contributed by atoms with Crippen LogP contribution in [0.15, 0.2) is 78.9 Å². The SMILES string of the molecule is Nc1ccc(-c2nc(-c3ccccc3)n(Cc3ccc(F)cc3)n2)cc1. The minimum atomic E-state index is -0.252. The van der Waals surface area contributed by atoms with Gasteiger partial charge in [0.1, 0.15) is 5.82 Å². The molecule has 0 radical (unpaired) electrons. The van der Waals surface area contributed by atoms with E-state index in [2.05, 4.69) is 5.10 Å². The fourth-order valence-electron chi connectivity index (χ4n) is 2.77. The molecule has 26 heavy (non-hydrogen) atoms. The number of nitrogen functional groups attached to an aromatic ring is 1. The largest absolute Gasteiger partial charge is 0.399 e. The van der Waals surface area contributed by atoms with Crippen molar-refractivity contribution in [3.63, 3.8) is 0 Å². The molecular formula is C21H17FN4. The molecule has 0 aliphatic heterocycles. The second kappa shape index (κ2) is 6.80. The number of halogens is 1. The highest BCUT2D eigenvalue weighted by Crippen LogP contribution is 2.24. The topological polar surface area (TPSA) is 56.7 Å². The Balaban J connectivity index is 1.77. The Labute approximate surface area is 150 Å². The van der Waals surface area contributed by atoms with Gasteiger partial charge in [-0.25, -0.2) is 14.1 Å². The number of aromatic nitrogens is 3. The van der Waals surface area contributed by atoms with Crippen molar-refractivity contribution in [3.8, 4) is 22.8 Å². The predicted octanol–water partition coefficient (Wildman–Crippen LogP) is 4.38. The van der Waals surface area contributed by atoms with Crippen LogP contribution in [0.5, 0.6) is 0 Å². The zero-order chi connectivity index (χ0) is 17.9. The first kappa shape index (κ1) is 16.0. The van der Waals surface area contributed by atoms with E-state index in [1.165, 1.54) is 12.1 Å². The van der Waals surface area contributed by atoms with Gasteiger partial charge in [0.2, 0.25) is 0 Å². The first-order chi connectivity index (χ1) is 12.7. The summed E-state index contributed by atoms with van der Waals surface area (Å²) in [6.45, 7) is 0.506. The average molecular weight is 344 g/mol. The van der Waals surface area contributed by atoms with Crippen molar-refractivity contribution in [2.45, 2.75) is 6.54 Å². The Morgan fingerprint density at radius 3 is 2.19 bits per heavy atom. The van der Waals surface area contributed by atoms with Gasteiger partial charge in [-0.1, -0.05) is 42.5 Å². The van der Waals surface area contributed by atoms with Crippen LogP contribution in [0.1, 0.15) is 5.56 Å². The molecule has 0 saturated carbocycles. The van der Waals surface area contributed by atoms with Crippen LogP contribution in [-0.2, 0) is 6.54 Å². The molecule has 0 fully saturated rings. The third-order valence-corrected chi connectivity index (χ3v) is 4.12. The Hall–Kier alpha value is -3.47. The first-order valence-corrected chi connectivity index (χ1v) is 8.30. The van der Waals surface area contributed by atoms with Crippen LogP contribution in [0.4, 0.5) is 10.1 Å². The monoisotopic (exact) mass is 344 g/mol. The molecule has 4 nitrogen and oxygen atoms in total. The zero-order valence-electron chi connectivity index (χ0n) is 14.0. The smallest absolute Gasteiger partial charge is 0.181 e. The van der Waals surface area contributed by atoms with E-state index < -0.39 is 0 Å². The molecule has 0 aliphatic carbocycles. The van der Waals surface area contributed by atoms with E-state index >= 15 is 0 Å². The van der Waals surface area contributed by atoms with Gasteiger partial charge in [-0.05, 0) is 42.0 Å². The molecule has 4 rings (SSSR count). The maximum absolute atomic E-state index is 13.2. The van der Waals surface area contributed by atoms with Crippen molar-refractivity contribution in [1.82, 2.24) is 14.8 Å². The van der Waals surface area contributed by atoms with Gasteiger partial charge in [-0.3, -0.25) is 0 Å². The van der Waals surface area contributed by atoms with Gasteiger partial charge in [0.15, 0.2) is 11.6 Å². The zero-order valence-corrected chi connectivity index (χ0v) is 14.0. The molecule has 0 bridgehead atoms. The molecule has 128 valence electrons. The average Bonchev–Trinajstić information content (AvgIpc) is 3.09. The Morgan fingerprint density at radius 2 is 1.50 bits per heavy atom. The molecular weight excluding hydrogens is 327 g/mol. The minimum absolute atomic E-state index is 0.252. The van der Waals surface area contributed by atoms with E-state index in [1.54, 1.807) is 12.1 Å². The van der Waals surface area contributed by atoms with Crippen LogP contribution < -0.4 is 5.73 Å². The summed E-state index contributed by atoms with van der Waals surface area (Å²) in [5, 5.41) is 4.68. The van der Waals surface area contributed by atoms with Crippen LogP contribution in [0.3, 0.4) is 0 Å². The molecule has 0 unspecified atom stereocenters. The number of nitrogens with two attached hydrogens (primary N) is 1. The lowest BCUT2D eigenvalue weighted by Crippen LogP contribution is -2.04. The lowest BCUT2D eigenvalue weighted by molar-refractivity contribution is 0.625. The number of nitrogens with zero attached hydrogens (tertiary/aromatic N) is 3. The summed E-state index contributed by atoms with van der Waals surface area (Å²) in [7, 11) is 0. The summed E-state index contributed by atoms with van der Waals surface area (Å²) in [4.78, 5) is 4.73. The molecule has 2 N–H and O–H groups in total. The van der Waals surface area contributed by atoms with Gasteiger partial charge >= 0.3 is 0 Å². The standard InChI is InChI=1S/C21H17FN4/c22-18-10-6-15(7-11-18)14-26-21(17-4-2-1-3-5-17)24-20(25-26)16-8-12-19(23)13-9-16/h1-13H,14,23H2. The molecule has 0 spiro atoms. The number of hydrogen-bond acceptors (Lipinski definition) is 3. The quantitative estimate of drug-likeness (QED) is 0.559. The van der Waals surface area contributed by atoms with Gasteiger partial charge in [0.05, 0.1) is 6.54 Å². The predicted molar refractivity (Wildman–Crippen MR) is 101 cm³/mol. The van der Waals surface area contributed by atoms with Gasteiger partial charge in [-0.2, -0.15) is 5.10 Å². The van der Waals surface area contributed by atoms with Gasteiger partial charge in [-0.15, -0.1) is 0 Å². The maximum Gasteiger partial charge on any atom is 0.181 e. The van der Waals surface area contributed by atoms with E-state index in [0.717, 1.165) is 22.5 Å². The number of benzene rings is 3. The Kier molecular flexibility index (Phi) is 4.19. The Bertz CT molecular complexity index is 1010. The summed E-state index contributed by atoms with van der Waals surface area (Å²) < 4.78 is 15.0. The van der Waals surface area contributed by atoms with E-state index in [-0.39, 0.29) is 5.82 Å². The molecule has 0 saturated heterocycles. The van der Waals surface area contributed by atoms with Crippen LogP contribution in [0.25, 0.3) is 22.8 Å². The molecule has 0 aliphatic rings. The summed E-state index contributed by atoms with van der Waals surface area (Å²) in [5.41, 5.74) is 9.29. The van der Waals surface area contributed by atoms with Crippen molar-refractivity contribution in [2.75, 3.05) is 5.73 Å². The van der Waals surface area contributed by atoms with Crippen molar-refractivity contribution in [1.29, 1.82) is 0 Å². The van der Waals surface area contributed by atoms with Crippen LogP contribution in [0, 0.1) is 5.82 Å². The van der Waals surface area contributed by atoms with Gasteiger partial charge in [0.25, 0.3) is 0 Å². The third-order valence-electron chi connectivity index (χ3n) is 4.12. The fourth-order valence-corrected chi connectivity index (χ4v) is 2.77. The van der Waals surface area contributed by atoms with E-state index in [9.17, 15) is 4.39 Å². The summed E-state index contributed by atoms with van der Waals surface area (Å²) in [5.74, 6) is 1.14. The second-order valence-electron chi connectivity index (χ2n) is 6.03. The maximum atomic E-state index is 13.2. The van der Waals surface area contributed by atoms with E-state index in [1.807, 2.05) is 59.3 Å². The van der Waals surface area contributed by atoms with Crippen LogP contribution in [0.2, 0.25) is 0 Å². The van der Waals surface area contributed by atoms with Crippen molar-refractivity contribution in [2.24, 2.45) is 0 Å². The highest BCUT2D eigenvalue weighted by Gasteiger charge is 2.14. The second-order valence-corrected chi connectivity index (χ2v) is 6.03. The first-order valence-electron chi connectivity index (χ1n) is 8.30. The number of hydrogen-bond donors (Lipinski definition) is 1.